The highest BCUT2D eigenvalue weighted by atomic mass is 19.4. The minimum Gasteiger partial charge on any atom is -0.406 e. The van der Waals surface area contributed by atoms with E-state index in [0.717, 1.165) is 12.1 Å². The van der Waals surface area contributed by atoms with Crippen LogP contribution in [0.25, 0.3) is 0 Å². The van der Waals surface area contributed by atoms with Crippen LogP contribution in [0.5, 0.6) is 5.75 Å². The predicted molar refractivity (Wildman–Crippen MR) is 81.6 cm³/mol. The van der Waals surface area contributed by atoms with Gasteiger partial charge in [0.05, 0.1) is 6.10 Å². The van der Waals surface area contributed by atoms with Gasteiger partial charge in [0.2, 0.25) is 0 Å². The first-order valence-electron chi connectivity index (χ1n) is 7.21. The predicted octanol–water partition coefficient (Wildman–Crippen LogP) is 3.84. The molecule has 0 fully saturated rings. The van der Waals surface area contributed by atoms with Gasteiger partial charge < -0.3 is 14.8 Å². The monoisotopic (exact) mass is 357 g/mol. The number of amides is 1. The van der Waals surface area contributed by atoms with Crippen molar-refractivity contribution in [3.8, 4) is 5.75 Å². The number of methoxy groups -OCH3 is 1. The summed E-state index contributed by atoms with van der Waals surface area (Å²) in [5.74, 6) is -1.35. The molecule has 25 heavy (non-hydrogen) atoms. The SMILES string of the molecule is CO[C@H](CNC(=O)c1ccc(OC(F)(F)F)cc1)c1cccc(F)c1. The van der Waals surface area contributed by atoms with Crippen LogP contribution in [0.2, 0.25) is 0 Å². The van der Waals surface area contributed by atoms with Gasteiger partial charge in [-0.2, -0.15) is 0 Å². The number of rotatable bonds is 6. The second kappa shape index (κ2) is 7.98. The van der Waals surface area contributed by atoms with Crippen molar-refractivity contribution in [2.24, 2.45) is 0 Å². The van der Waals surface area contributed by atoms with E-state index in [-0.39, 0.29) is 12.1 Å². The van der Waals surface area contributed by atoms with E-state index in [1.807, 2.05) is 0 Å². The maximum Gasteiger partial charge on any atom is 0.573 e. The van der Waals surface area contributed by atoms with Gasteiger partial charge in [0.25, 0.3) is 5.91 Å². The number of carbonyl (C=O) groups excluding carboxylic acids is 1. The van der Waals surface area contributed by atoms with E-state index in [9.17, 15) is 22.4 Å². The van der Waals surface area contributed by atoms with Crippen molar-refractivity contribution in [1.29, 1.82) is 0 Å². The molecule has 0 saturated carbocycles. The second-order valence-corrected chi connectivity index (χ2v) is 5.06. The highest BCUT2D eigenvalue weighted by molar-refractivity contribution is 5.94. The number of ether oxygens (including phenoxy) is 2. The number of alkyl halides is 3. The van der Waals surface area contributed by atoms with Gasteiger partial charge in [-0.05, 0) is 42.0 Å². The molecule has 0 aromatic heterocycles. The molecule has 8 heteroatoms. The van der Waals surface area contributed by atoms with Gasteiger partial charge in [-0.25, -0.2) is 4.39 Å². The summed E-state index contributed by atoms with van der Waals surface area (Å²) in [6.45, 7) is 0.0690. The lowest BCUT2D eigenvalue weighted by Crippen LogP contribution is -2.29. The maximum atomic E-state index is 13.2. The molecule has 2 aromatic carbocycles. The number of benzene rings is 2. The number of hydrogen-bond acceptors (Lipinski definition) is 3. The van der Waals surface area contributed by atoms with Crippen molar-refractivity contribution in [3.05, 3.63) is 65.5 Å². The average Bonchev–Trinajstić information content (AvgIpc) is 2.54. The van der Waals surface area contributed by atoms with Crippen molar-refractivity contribution in [2.75, 3.05) is 13.7 Å². The fourth-order valence-corrected chi connectivity index (χ4v) is 2.14. The zero-order valence-corrected chi connectivity index (χ0v) is 13.1. The molecule has 0 spiro atoms. The van der Waals surface area contributed by atoms with E-state index in [4.69, 9.17) is 4.74 Å². The molecule has 0 bridgehead atoms. The van der Waals surface area contributed by atoms with Gasteiger partial charge in [0.1, 0.15) is 11.6 Å². The largest absolute Gasteiger partial charge is 0.573 e. The van der Waals surface area contributed by atoms with Crippen LogP contribution >= 0.6 is 0 Å². The lowest BCUT2D eigenvalue weighted by Gasteiger charge is -2.17. The fraction of sp³-hybridized carbons (Fsp3) is 0.235. The van der Waals surface area contributed by atoms with Crippen LogP contribution in [0.1, 0.15) is 22.0 Å². The van der Waals surface area contributed by atoms with Crippen LogP contribution in [-0.4, -0.2) is 25.9 Å². The van der Waals surface area contributed by atoms with E-state index < -0.39 is 29.9 Å². The van der Waals surface area contributed by atoms with Gasteiger partial charge >= 0.3 is 6.36 Å². The Morgan fingerprint density at radius 3 is 2.40 bits per heavy atom. The summed E-state index contributed by atoms with van der Waals surface area (Å²) in [7, 11) is 1.42. The molecule has 0 aliphatic heterocycles. The van der Waals surface area contributed by atoms with Crippen LogP contribution in [0.3, 0.4) is 0 Å². The Bertz CT molecular complexity index is 717. The quantitative estimate of drug-likeness (QED) is 0.799. The molecule has 0 unspecified atom stereocenters. The van der Waals surface area contributed by atoms with Crippen LogP contribution in [0.4, 0.5) is 17.6 Å². The standard InChI is InChI=1S/C17H15F4NO3/c1-24-15(12-3-2-4-13(18)9-12)10-22-16(23)11-5-7-14(8-6-11)25-17(19,20)21/h2-9,15H,10H2,1H3,(H,22,23)/t15-/m1/s1. The van der Waals surface area contributed by atoms with Crippen LogP contribution in [0.15, 0.2) is 48.5 Å². The highest BCUT2D eigenvalue weighted by Gasteiger charge is 2.31. The van der Waals surface area contributed by atoms with Crippen LogP contribution in [-0.2, 0) is 4.74 Å². The topological polar surface area (TPSA) is 47.6 Å². The summed E-state index contributed by atoms with van der Waals surface area (Å²) in [5, 5.41) is 2.59. The van der Waals surface area contributed by atoms with E-state index in [0.29, 0.717) is 5.56 Å². The smallest absolute Gasteiger partial charge is 0.406 e. The third-order valence-electron chi connectivity index (χ3n) is 3.30. The molecule has 2 aromatic rings. The number of halogens is 4. The molecule has 0 aliphatic carbocycles. The third kappa shape index (κ3) is 5.75. The van der Waals surface area contributed by atoms with E-state index in [2.05, 4.69) is 10.1 Å². The molecule has 0 saturated heterocycles. The molecule has 2 rings (SSSR count). The van der Waals surface area contributed by atoms with Gasteiger partial charge in [0, 0.05) is 19.2 Å². The van der Waals surface area contributed by atoms with E-state index in [1.54, 1.807) is 6.07 Å². The highest BCUT2D eigenvalue weighted by Crippen LogP contribution is 2.23. The van der Waals surface area contributed by atoms with Crippen molar-refractivity contribution in [2.45, 2.75) is 12.5 Å². The molecule has 0 aliphatic rings. The lowest BCUT2D eigenvalue weighted by atomic mass is 10.1. The molecule has 1 amide bonds. The second-order valence-electron chi connectivity index (χ2n) is 5.06. The maximum absolute atomic E-state index is 13.2. The summed E-state index contributed by atoms with van der Waals surface area (Å²) in [6, 6.07) is 10.3. The zero-order chi connectivity index (χ0) is 18.4. The first kappa shape index (κ1) is 18.7. The molecular weight excluding hydrogens is 342 g/mol. The molecule has 1 N–H and O–H groups in total. The van der Waals surface area contributed by atoms with Crippen LogP contribution < -0.4 is 10.1 Å². The summed E-state index contributed by atoms with van der Waals surface area (Å²) in [6.07, 6.45) is -5.35. The Morgan fingerprint density at radius 1 is 1.16 bits per heavy atom. The Kier molecular flexibility index (Phi) is 5.97. The Morgan fingerprint density at radius 2 is 1.84 bits per heavy atom. The Labute approximate surface area is 141 Å². The van der Waals surface area contributed by atoms with Crippen molar-refractivity contribution < 1.29 is 31.8 Å². The summed E-state index contributed by atoms with van der Waals surface area (Å²) in [5.41, 5.74) is 0.709. The lowest BCUT2D eigenvalue weighted by molar-refractivity contribution is -0.274. The first-order valence-corrected chi connectivity index (χ1v) is 7.21. The Balaban J connectivity index is 1.97. The summed E-state index contributed by atoms with van der Waals surface area (Å²) in [4.78, 5) is 12.1. The van der Waals surface area contributed by atoms with E-state index in [1.165, 1.54) is 37.4 Å². The minimum absolute atomic E-state index is 0.0690. The molecule has 1 atom stereocenters. The zero-order valence-electron chi connectivity index (χ0n) is 13.1. The summed E-state index contributed by atoms with van der Waals surface area (Å²) >= 11 is 0. The summed E-state index contributed by atoms with van der Waals surface area (Å²) < 4.78 is 58.5. The molecule has 4 nitrogen and oxygen atoms in total. The Hall–Kier alpha value is -2.61. The van der Waals surface area contributed by atoms with Gasteiger partial charge in [-0.1, -0.05) is 12.1 Å². The molecule has 0 heterocycles. The average molecular weight is 357 g/mol. The van der Waals surface area contributed by atoms with Crippen molar-refractivity contribution in [3.63, 3.8) is 0 Å². The third-order valence-corrected chi connectivity index (χ3v) is 3.30. The molecule has 0 radical (unpaired) electrons. The number of nitrogens with one attached hydrogen (secondary N) is 1. The van der Waals surface area contributed by atoms with Crippen molar-refractivity contribution >= 4 is 5.91 Å². The van der Waals surface area contributed by atoms with Gasteiger partial charge in [0.15, 0.2) is 0 Å². The van der Waals surface area contributed by atoms with Gasteiger partial charge in [-0.3, -0.25) is 4.79 Å². The number of hydrogen-bond donors (Lipinski definition) is 1. The molecular formula is C17H15F4NO3. The van der Waals surface area contributed by atoms with Crippen molar-refractivity contribution in [1.82, 2.24) is 5.32 Å². The van der Waals surface area contributed by atoms with E-state index >= 15 is 0 Å². The van der Waals surface area contributed by atoms with Gasteiger partial charge in [-0.15, -0.1) is 13.2 Å². The minimum atomic E-state index is -4.79. The molecule has 134 valence electrons. The van der Waals surface area contributed by atoms with Crippen LogP contribution in [0, 0.1) is 5.82 Å². The fourth-order valence-electron chi connectivity index (χ4n) is 2.14. The normalized spacial score (nSPS) is 12.5. The first-order chi connectivity index (χ1) is 11.8. The number of carbonyl (C=O) groups is 1.